The number of rotatable bonds is 0. The molecule has 0 spiro atoms. The third kappa shape index (κ3) is 4.41. The van der Waals surface area contributed by atoms with Gasteiger partial charge in [-0.25, -0.2) is 4.39 Å². The Morgan fingerprint density at radius 1 is 0.560 bits per heavy atom. The minimum absolute atomic E-state index is 0.160. The summed E-state index contributed by atoms with van der Waals surface area (Å²) in [5.41, 5.74) is 2.24. The first kappa shape index (κ1) is 16.2. The van der Waals surface area contributed by atoms with Crippen molar-refractivity contribution in [2.24, 2.45) is 0 Å². The molecule has 2 nitrogen and oxygen atoms in total. The zero-order valence-corrected chi connectivity index (χ0v) is 13.1. The van der Waals surface area contributed by atoms with Crippen LogP contribution in [0.3, 0.4) is 0 Å². The van der Waals surface area contributed by atoms with Crippen molar-refractivity contribution in [3.63, 3.8) is 0 Å². The highest BCUT2D eigenvalue weighted by Crippen LogP contribution is 2.12. The third-order valence-corrected chi connectivity index (χ3v) is 3.40. The fourth-order valence-electron chi connectivity index (χ4n) is 2.07. The Bertz CT molecular complexity index is 1010. The SMILES string of the molecule is Oc1ccc(C#Cc2ccc(C#Cc3ccc(O)cc3)c(F)c2)cc1. The molecule has 0 aliphatic carbocycles. The number of benzene rings is 3. The summed E-state index contributed by atoms with van der Waals surface area (Å²) in [6.07, 6.45) is 0. The molecule has 0 aliphatic rings. The second-order valence-corrected chi connectivity index (χ2v) is 5.29. The Morgan fingerprint density at radius 2 is 1.00 bits per heavy atom. The van der Waals surface area contributed by atoms with E-state index in [4.69, 9.17) is 0 Å². The molecule has 0 saturated heterocycles. The fourth-order valence-corrected chi connectivity index (χ4v) is 2.07. The number of hydrogen-bond acceptors (Lipinski definition) is 2. The van der Waals surface area contributed by atoms with Crippen LogP contribution >= 0.6 is 0 Å². The van der Waals surface area contributed by atoms with E-state index in [1.165, 1.54) is 18.2 Å². The van der Waals surface area contributed by atoms with Gasteiger partial charge in [0.25, 0.3) is 0 Å². The average Bonchev–Trinajstić information content (AvgIpc) is 2.62. The summed E-state index contributed by atoms with van der Waals surface area (Å²) in [4.78, 5) is 0. The topological polar surface area (TPSA) is 40.5 Å². The lowest BCUT2D eigenvalue weighted by molar-refractivity contribution is 0.474. The second-order valence-electron chi connectivity index (χ2n) is 5.29. The predicted molar refractivity (Wildman–Crippen MR) is 94.6 cm³/mol. The maximum Gasteiger partial charge on any atom is 0.140 e. The minimum atomic E-state index is -0.441. The Labute approximate surface area is 145 Å². The van der Waals surface area contributed by atoms with Crippen LogP contribution in [0.25, 0.3) is 0 Å². The zero-order valence-electron chi connectivity index (χ0n) is 13.1. The van der Waals surface area contributed by atoms with Gasteiger partial charge in [-0.2, -0.15) is 0 Å². The van der Waals surface area contributed by atoms with Gasteiger partial charge in [-0.3, -0.25) is 0 Å². The van der Waals surface area contributed by atoms with E-state index >= 15 is 0 Å². The highest BCUT2D eigenvalue weighted by Gasteiger charge is 2.00. The molecule has 0 heterocycles. The first-order chi connectivity index (χ1) is 12.1. The Balaban J connectivity index is 1.80. The molecule has 0 aromatic heterocycles. The number of phenolic OH excluding ortho intramolecular Hbond substituents is 2. The minimum Gasteiger partial charge on any atom is -0.508 e. The normalized spacial score (nSPS) is 9.48. The molecule has 0 aliphatic heterocycles. The molecule has 3 rings (SSSR count). The van der Waals surface area contributed by atoms with Gasteiger partial charge >= 0.3 is 0 Å². The van der Waals surface area contributed by atoms with E-state index in [0.717, 1.165) is 5.56 Å². The van der Waals surface area contributed by atoms with Crippen LogP contribution in [0, 0.1) is 29.5 Å². The molecule has 2 N–H and O–H groups in total. The van der Waals surface area contributed by atoms with Gasteiger partial charge in [0.1, 0.15) is 17.3 Å². The van der Waals surface area contributed by atoms with Crippen molar-refractivity contribution in [3.05, 3.63) is 94.8 Å². The molecular weight excluding hydrogens is 315 g/mol. The predicted octanol–water partition coefficient (Wildman–Crippen LogP) is 4.04. The maximum absolute atomic E-state index is 14.2. The van der Waals surface area contributed by atoms with Crippen molar-refractivity contribution in [1.29, 1.82) is 0 Å². The van der Waals surface area contributed by atoms with Gasteiger partial charge < -0.3 is 10.2 Å². The highest BCUT2D eigenvalue weighted by molar-refractivity contribution is 5.49. The first-order valence-corrected chi connectivity index (χ1v) is 7.52. The van der Waals surface area contributed by atoms with E-state index in [1.54, 1.807) is 48.5 Å². The van der Waals surface area contributed by atoms with E-state index < -0.39 is 5.82 Å². The molecule has 3 heteroatoms. The van der Waals surface area contributed by atoms with Crippen molar-refractivity contribution in [1.82, 2.24) is 0 Å². The van der Waals surface area contributed by atoms with Crippen LogP contribution in [0.5, 0.6) is 11.5 Å². The van der Waals surface area contributed by atoms with Gasteiger partial charge in [0.05, 0.1) is 5.56 Å². The number of halogens is 1. The maximum atomic E-state index is 14.2. The standard InChI is InChI=1S/C22H13FO2/c23-22-15-18(2-1-16-5-11-20(24)12-6-16)4-10-19(22)9-3-17-7-13-21(25)14-8-17/h4-8,10-15,24-25H. The van der Waals surface area contributed by atoms with E-state index in [-0.39, 0.29) is 17.1 Å². The molecule has 3 aromatic rings. The monoisotopic (exact) mass is 328 g/mol. The molecule has 3 aromatic carbocycles. The zero-order chi connectivity index (χ0) is 17.6. The van der Waals surface area contributed by atoms with Gasteiger partial charge in [0.2, 0.25) is 0 Å². The molecule has 120 valence electrons. The second kappa shape index (κ2) is 7.25. The lowest BCUT2D eigenvalue weighted by atomic mass is 10.1. The van der Waals surface area contributed by atoms with Gasteiger partial charge in [-0.1, -0.05) is 23.7 Å². The molecule has 0 radical (unpaired) electrons. The van der Waals surface area contributed by atoms with E-state index in [9.17, 15) is 14.6 Å². The van der Waals surface area contributed by atoms with Crippen LogP contribution < -0.4 is 0 Å². The van der Waals surface area contributed by atoms with Crippen molar-refractivity contribution < 1.29 is 14.6 Å². The average molecular weight is 328 g/mol. The van der Waals surface area contributed by atoms with E-state index in [0.29, 0.717) is 11.1 Å². The lowest BCUT2D eigenvalue weighted by Crippen LogP contribution is -1.86. The largest absolute Gasteiger partial charge is 0.508 e. The summed E-state index contributed by atoms with van der Waals surface area (Å²) < 4.78 is 14.2. The van der Waals surface area contributed by atoms with Crippen LogP contribution in [-0.4, -0.2) is 10.2 Å². The molecule has 0 saturated carbocycles. The molecule has 0 atom stereocenters. The molecule has 0 amide bonds. The molecule has 0 unspecified atom stereocenters. The van der Waals surface area contributed by atoms with Crippen LogP contribution in [0.15, 0.2) is 66.7 Å². The number of phenols is 2. The Hall–Kier alpha value is -3.69. The smallest absolute Gasteiger partial charge is 0.140 e. The number of hydrogen-bond donors (Lipinski definition) is 2. The molecular formula is C22H13FO2. The molecule has 0 fully saturated rings. The van der Waals surface area contributed by atoms with Crippen LogP contribution in [0.2, 0.25) is 0 Å². The lowest BCUT2D eigenvalue weighted by Gasteiger charge is -1.96. The quantitative estimate of drug-likeness (QED) is 0.612. The van der Waals surface area contributed by atoms with Crippen molar-refractivity contribution in [2.45, 2.75) is 0 Å². The van der Waals surface area contributed by atoms with E-state index in [1.807, 2.05) is 0 Å². The number of aromatic hydroxyl groups is 2. The summed E-state index contributed by atoms with van der Waals surface area (Å²) >= 11 is 0. The summed E-state index contributed by atoms with van der Waals surface area (Å²) in [6.45, 7) is 0. The Kier molecular flexibility index (Phi) is 4.69. The van der Waals surface area contributed by atoms with Gasteiger partial charge in [-0.05, 0) is 66.7 Å². The first-order valence-electron chi connectivity index (χ1n) is 7.52. The summed E-state index contributed by atoms with van der Waals surface area (Å²) in [5.74, 6) is 11.3. The summed E-state index contributed by atoms with van der Waals surface area (Å²) in [5, 5.41) is 18.5. The van der Waals surface area contributed by atoms with Crippen molar-refractivity contribution in [2.75, 3.05) is 0 Å². The van der Waals surface area contributed by atoms with E-state index in [2.05, 4.69) is 23.7 Å². The van der Waals surface area contributed by atoms with Crippen molar-refractivity contribution in [3.8, 4) is 35.2 Å². The van der Waals surface area contributed by atoms with Gasteiger partial charge in [0.15, 0.2) is 0 Å². The third-order valence-electron chi connectivity index (χ3n) is 3.40. The molecule has 25 heavy (non-hydrogen) atoms. The molecule has 0 bridgehead atoms. The van der Waals surface area contributed by atoms with Gasteiger partial charge in [0, 0.05) is 16.7 Å². The van der Waals surface area contributed by atoms with Crippen LogP contribution in [-0.2, 0) is 0 Å². The summed E-state index contributed by atoms with van der Waals surface area (Å²) in [7, 11) is 0. The van der Waals surface area contributed by atoms with Crippen molar-refractivity contribution >= 4 is 0 Å². The highest BCUT2D eigenvalue weighted by atomic mass is 19.1. The van der Waals surface area contributed by atoms with Crippen LogP contribution in [0.4, 0.5) is 4.39 Å². The van der Waals surface area contributed by atoms with Crippen LogP contribution in [0.1, 0.15) is 22.3 Å². The Morgan fingerprint density at radius 3 is 1.52 bits per heavy atom. The fraction of sp³-hybridized carbons (Fsp3) is 0. The summed E-state index contributed by atoms with van der Waals surface area (Å²) in [6, 6.07) is 17.5. The van der Waals surface area contributed by atoms with Gasteiger partial charge in [-0.15, -0.1) is 0 Å².